The molecule has 0 bridgehead atoms. The number of urea groups is 1. The highest BCUT2D eigenvalue weighted by Crippen LogP contribution is 2.23. The summed E-state index contributed by atoms with van der Waals surface area (Å²) in [5, 5.41) is 18.3. The van der Waals surface area contributed by atoms with Crippen LogP contribution in [0.2, 0.25) is 0 Å². The van der Waals surface area contributed by atoms with Gasteiger partial charge in [-0.05, 0) is 64.4 Å². The van der Waals surface area contributed by atoms with E-state index in [0.717, 1.165) is 5.56 Å². The highest BCUT2D eigenvalue weighted by atomic mass is 32.2. The summed E-state index contributed by atoms with van der Waals surface area (Å²) in [7, 11) is -4.99. The van der Waals surface area contributed by atoms with Crippen LogP contribution >= 0.6 is 0 Å². The lowest BCUT2D eigenvalue weighted by atomic mass is 9.97. The van der Waals surface area contributed by atoms with Crippen molar-refractivity contribution in [2.45, 2.75) is 102 Å². The van der Waals surface area contributed by atoms with Gasteiger partial charge in [-0.2, -0.15) is 8.42 Å². The molecule has 2 aliphatic heterocycles. The first-order chi connectivity index (χ1) is 21.4. The van der Waals surface area contributed by atoms with E-state index in [1.807, 2.05) is 44.2 Å². The first-order valence-electron chi connectivity index (χ1n) is 15.8. The Morgan fingerprint density at radius 3 is 2.24 bits per heavy atom. The molecule has 46 heavy (non-hydrogen) atoms. The van der Waals surface area contributed by atoms with Gasteiger partial charge in [0, 0.05) is 38.1 Å². The zero-order valence-electron chi connectivity index (χ0n) is 27.3. The Morgan fingerprint density at radius 1 is 1.09 bits per heavy atom. The van der Waals surface area contributed by atoms with Crippen LogP contribution in [-0.2, 0) is 31.0 Å². The predicted octanol–water partition coefficient (Wildman–Crippen LogP) is 2.23. The predicted molar refractivity (Wildman–Crippen MR) is 170 cm³/mol. The van der Waals surface area contributed by atoms with Crippen LogP contribution in [0.5, 0.6) is 0 Å². The van der Waals surface area contributed by atoms with Gasteiger partial charge in [0.2, 0.25) is 17.3 Å². The molecule has 2 saturated heterocycles. The van der Waals surface area contributed by atoms with Crippen molar-refractivity contribution in [3.63, 3.8) is 0 Å². The molecule has 1 aromatic rings. The third kappa shape index (κ3) is 11.1. The molecule has 1 aromatic carbocycles. The molecular weight excluding hydrogens is 618 g/mol. The number of piperidine rings is 1. The summed E-state index contributed by atoms with van der Waals surface area (Å²) in [6.45, 7) is 10.4. The number of aliphatic hydroxyl groups excluding tert-OH is 1. The first-order valence-corrected chi connectivity index (χ1v) is 17.3. The third-order valence-corrected chi connectivity index (χ3v) is 8.95. The average Bonchev–Trinajstić information content (AvgIpc) is 3.37. The number of ether oxygens (including phenoxy) is 1. The van der Waals surface area contributed by atoms with E-state index in [9.17, 15) is 37.3 Å². The largest absolute Gasteiger partial charge is 0.444 e. The number of carbonyl (C=O) groups is 4. The molecule has 5 amide bonds. The van der Waals surface area contributed by atoms with E-state index in [-0.39, 0.29) is 37.3 Å². The normalized spacial score (nSPS) is 19.6. The molecule has 0 saturated carbocycles. The quantitative estimate of drug-likeness (QED) is 0.208. The summed E-state index contributed by atoms with van der Waals surface area (Å²) in [6.07, 6.45) is 0.870. The molecule has 5 N–H and O–H groups in total. The Labute approximate surface area is 271 Å². The topological polar surface area (TPSA) is 195 Å². The SMILES string of the molecule is CC(C)CC(NC(=O)N(Cc1ccccc1)C1CCN(C(=O)OC(C)(C)C)CC1)C(=O)N[C@@H](CC1CCNC1=O)C(O)S(=O)(=O)O. The first kappa shape index (κ1) is 37.0. The summed E-state index contributed by atoms with van der Waals surface area (Å²) in [5.74, 6) is -1.84. The number of nitrogens with one attached hydrogen (secondary N) is 3. The van der Waals surface area contributed by atoms with Crippen LogP contribution < -0.4 is 16.0 Å². The number of aliphatic hydroxyl groups is 1. The Morgan fingerprint density at radius 2 is 1.72 bits per heavy atom. The van der Waals surface area contributed by atoms with Gasteiger partial charge in [-0.1, -0.05) is 44.2 Å². The van der Waals surface area contributed by atoms with Crippen LogP contribution in [0.1, 0.15) is 72.3 Å². The molecule has 3 rings (SSSR count). The average molecular weight is 668 g/mol. The number of benzene rings is 1. The second-order valence-electron chi connectivity index (χ2n) is 13.5. The zero-order valence-corrected chi connectivity index (χ0v) is 28.1. The Bertz CT molecular complexity index is 1310. The maximum absolute atomic E-state index is 13.9. The number of amides is 5. The Balaban J connectivity index is 1.79. The monoisotopic (exact) mass is 667 g/mol. The lowest BCUT2D eigenvalue weighted by molar-refractivity contribution is -0.126. The molecule has 2 fully saturated rings. The fourth-order valence-electron chi connectivity index (χ4n) is 5.68. The summed E-state index contributed by atoms with van der Waals surface area (Å²) in [6, 6.07) is 5.93. The van der Waals surface area contributed by atoms with Crippen LogP contribution in [-0.4, -0.2) is 101 Å². The molecule has 15 heteroatoms. The van der Waals surface area contributed by atoms with Crippen molar-refractivity contribution in [1.82, 2.24) is 25.8 Å². The Hall–Kier alpha value is -3.43. The summed E-state index contributed by atoms with van der Waals surface area (Å²) < 4.78 is 38.8. The van der Waals surface area contributed by atoms with Crippen LogP contribution in [0.15, 0.2) is 30.3 Å². The number of carbonyl (C=O) groups excluding carboxylic acids is 4. The standard InChI is InChI=1S/C31H49N5O9S/c1-20(2)17-24(27(38)33-25(28(39)46(42,43)44)18-22-11-14-32-26(22)37)34-29(40)36(19-21-9-7-6-8-10-21)23-12-15-35(16-13-23)30(41)45-31(3,4)5/h6-10,20,22-25,28,39H,11-19H2,1-5H3,(H,32,37)(H,33,38)(H,34,40)(H,42,43,44)/t22?,24?,25-,28?/m0/s1. The van der Waals surface area contributed by atoms with Gasteiger partial charge < -0.3 is 35.6 Å². The van der Waals surface area contributed by atoms with E-state index in [4.69, 9.17) is 4.74 Å². The number of likely N-dealkylation sites (tertiary alicyclic amines) is 1. The lowest BCUT2D eigenvalue weighted by Crippen LogP contribution is -2.58. The van der Waals surface area contributed by atoms with Crippen LogP contribution in [0, 0.1) is 11.8 Å². The van der Waals surface area contributed by atoms with Gasteiger partial charge in [-0.3, -0.25) is 14.1 Å². The van der Waals surface area contributed by atoms with Crippen LogP contribution in [0.25, 0.3) is 0 Å². The van der Waals surface area contributed by atoms with Crippen molar-refractivity contribution in [2.24, 2.45) is 11.8 Å². The van der Waals surface area contributed by atoms with Crippen molar-refractivity contribution >= 4 is 34.1 Å². The third-order valence-electron chi connectivity index (χ3n) is 8.01. The van der Waals surface area contributed by atoms with Gasteiger partial charge in [-0.25, -0.2) is 9.59 Å². The van der Waals surface area contributed by atoms with Gasteiger partial charge in [0.05, 0.1) is 6.04 Å². The number of hydrogen-bond acceptors (Lipinski definition) is 8. The minimum atomic E-state index is -4.99. The van der Waals surface area contributed by atoms with Crippen molar-refractivity contribution in [1.29, 1.82) is 0 Å². The van der Waals surface area contributed by atoms with E-state index in [2.05, 4.69) is 16.0 Å². The molecule has 14 nitrogen and oxygen atoms in total. The minimum absolute atomic E-state index is 0.0683. The zero-order chi connectivity index (χ0) is 34.2. The molecule has 0 aromatic heterocycles. The molecule has 0 radical (unpaired) electrons. The van der Waals surface area contributed by atoms with Gasteiger partial charge in [0.15, 0.2) is 0 Å². The van der Waals surface area contributed by atoms with Gasteiger partial charge in [-0.15, -0.1) is 0 Å². The highest BCUT2D eigenvalue weighted by molar-refractivity contribution is 7.86. The van der Waals surface area contributed by atoms with E-state index in [1.54, 1.807) is 30.6 Å². The lowest BCUT2D eigenvalue weighted by Gasteiger charge is -2.39. The Kier molecular flexibility index (Phi) is 12.8. The summed E-state index contributed by atoms with van der Waals surface area (Å²) in [5.41, 5.74) is -2.15. The molecule has 3 unspecified atom stereocenters. The number of hydrogen-bond donors (Lipinski definition) is 5. The smallest absolute Gasteiger partial charge is 0.410 e. The number of rotatable bonds is 12. The summed E-state index contributed by atoms with van der Waals surface area (Å²) >= 11 is 0. The highest BCUT2D eigenvalue weighted by Gasteiger charge is 2.39. The fourth-order valence-corrected chi connectivity index (χ4v) is 6.28. The van der Waals surface area contributed by atoms with Crippen molar-refractivity contribution in [3.8, 4) is 0 Å². The second kappa shape index (κ2) is 15.9. The van der Waals surface area contributed by atoms with E-state index < -0.39 is 57.2 Å². The van der Waals surface area contributed by atoms with Gasteiger partial charge in [0.25, 0.3) is 10.1 Å². The van der Waals surface area contributed by atoms with Crippen molar-refractivity contribution in [2.75, 3.05) is 19.6 Å². The second-order valence-corrected chi connectivity index (χ2v) is 15.0. The minimum Gasteiger partial charge on any atom is -0.444 e. The van der Waals surface area contributed by atoms with E-state index >= 15 is 0 Å². The molecule has 0 spiro atoms. The molecule has 0 aliphatic carbocycles. The summed E-state index contributed by atoms with van der Waals surface area (Å²) in [4.78, 5) is 55.6. The molecule has 4 atom stereocenters. The maximum atomic E-state index is 13.9. The molecule has 2 heterocycles. The fraction of sp³-hybridized carbons (Fsp3) is 0.677. The van der Waals surface area contributed by atoms with E-state index in [1.165, 1.54) is 0 Å². The molecule has 258 valence electrons. The van der Waals surface area contributed by atoms with Gasteiger partial charge in [0.1, 0.15) is 11.6 Å². The van der Waals surface area contributed by atoms with Crippen molar-refractivity contribution < 1.29 is 42.0 Å². The molecule has 2 aliphatic rings. The van der Waals surface area contributed by atoms with Crippen LogP contribution in [0.4, 0.5) is 9.59 Å². The molecular formula is C31H49N5O9S. The maximum Gasteiger partial charge on any atom is 0.410 e. The van der Waals surface area contributed by atoms with E-state index in [0.29, 0.717) is 38.9 Å². The van der Waals surface area contributed by atoms with Gasteiger partial charge >= 0.3 is 12.1 Å². The van der Waals surface area contributed by atoms with Crippen LogP contribution in [0.3, 0.4) is 0 Å². The number of nitrogens with zero attached hydrogens (tertiary/aromatic N) is 2. The van der Waals surface area contributed by atoms with Crippen molar-refractivity contribution in [3.05, 3.63) is 35.9 Å².